The van der Waals surface area contributed by atoms with Crippen molar-refractivity contribution in [2.24, 2.45) is 5.10 Å². The van der Waals surface area contributed by atoms with Crippen LogP contribution in [0.3, 0.4) is 0 Å². The van der Waals surface area contributed by atoms with Crippen LogP contribution in [0.5, 0.6) is 11.5 Å². The molecule has 0 heterocycles. The van der Waals surface area contributed by atoms with Crippen LogP contribution in [-0.4, -0.2) is 30.5 Å². The second kappa shape index (κ2) is 13.9. The Morgan fingerprint density at radius 3 is 2.00 bits per heavy atom. The zero-order valence-electron chi connectivity index (χ0n) is 21.2. The molecule has 4 aromatic carbocycles. The molecule has 0 aromatic heterocycles. The summed E-state index contributed by atoms with van der Waals surface area (Å²) >= 11 is 0. The molecule has 0 spiro atoms. The van der Waals surface area contributed by atoms with E-state index in [0.717, 1.165) is 5.56 Å². The number of benzene rings is 4. The molecule has 4 aromatic rings. The Morgan fingerprint density at radius 1 is 0.700 bits per heavy atom. The lowest BCUT2D eigenvalue weighted by Gasteiger charge is -2.08. The Balaban J connectivity index is 1.17. The summed E-state index contributed by atoms with van der Waals surface area (Å²) in [5.74, 6) is -1.55. The van der Waals surface area contributed by atoms with Crippen molar-refractivity contribution >= 4 is 35.3 Å². The van der Waals surface area contributed by atoms with Crippen molar-refractivity contribution in [1.29, 1.82) is 0 Å². The van der Waals surface area contributed by atoms with Gasteiger partial charge in [0.2, 0.25) is 0 Å². The van der Waals surface area contributed by atoms with Crippen molar-refractivity contribution in [3.8, 4) is 11.5 Å². The number of amides is 3. The Hall–Kier alpha value is -5.51. The Morgan fingerprint density at radius 2 is 1.30 bits per heavy atom. The van der Waals surface area contributed by atoms with Gasteiger partial charge in [-0.15, -0.1) is 0 Å². The number of rotatable bonds is 10. The zero-order valence-corrected chi connectivity index (χ0v) is 21.2. The molecule has 0 bridgehead atoms. The molecule has 0 saturated heterocycles. The highest BCUT2D eigenvalue weighted by Gasteiger charge is 2.13. The van der Waals surface area contributed by atoms with Gasteiger partial charge < -0.3 is 20.1 Å². The van der Waals surface area contributed by atoms with Crippen LogP contribution in [0.2, 0.25) is 0 Å². The third-order valence-corrected chi connectivity index (χ3v) is 5.32. The molecule has 202 valence electrons. The smallest absolute Gasteiger partial charge is 0.329 e. The summed E-state index contributed by atoms with van der Waals surface area (Å²) in [6, 6.07) is 28.3. The molecule has 0 atom stereocenters. The summed E-state index contributed by atoms with van der Waals surface area (Å²) < 4.78 is 24.1. The number of hydrogen-bond donors (Lipinski definition) is 3. The molecule has 40 heavy (non-hydrogen) atoms. The van der Waals surface area contributed by atoms with Gasteiger partial charge in [-0.1, -0.05) is 30.3 Å². The molecular weight excluding hydrogens is 515 g/mol. The Bertz CT molecular complexity index is 1460. The van der Waals surface area contributed by atoms with E-state index in [9.17, 15) is 18.8 Å². The summed E-state index contributed by atoms with van der Waals surface area (Å²) in [4.78, 5) is 36.2. The molecule has 0 fully saturated rings. The van der Waals surface area contributed by atoms with Crippen molar-refractivity contribution in [3.05, 3.63) is 120 Å². The number of carbonyl (C=O) groups is 3. The van der Waals surface area contributed by atoms with Gasteiger partial charge in [-0.3, -0.25) is 14.4 Å². The van der Waals surface area contributed by atoms with E-state index in [1.54, 1.807) is 48.5 Å². The third-order valence-electron chi connectivity index (χ3n) is 5.32. The molecule has 0 aliphatic rings. The van der Waals surface area contributed by atoms with Crippen LogP contribution in [0.25, 0.3) is 0 Å². The quantitative estimate of drug-likeness (QED) is 0.155. The van der Waals surface area contributed by atoms with Gasteiger partial charge in [0.1, 0.15) is 23.9 Å². The number of ether oxygens (including phenoxy) is 2. The highest BCUT2D eigenvalue weighted by atomic mass is 19.1. The minimum absolute atomic E-state index is 0.237. The zero-order chi connectivity index (χ0) is 28.2. The van der Waals surface area contributed by atoms with Gasteiger partial charge in [0.25, 0.3) is 5.91 Å². The molecule has 0 saturated carbocycles. The molecule has 0 unspecified atom stereocenters. The number of halogens is 1. The summed E-state index contributed by atoms with van der Waals surface area (Å²) in [6.45, 7) is 0.179. The van der Waals surface area contributed by atoms with E-state index in [1.807, 2.05) is 30.3 Å². The van der Waals surface area contributed by atoms with Crippen LogP contribution >= 0.6 is 0 Å². The highest BCUT2D eigenvalue weighted by molar-refractivity contribution is 6.39. The van der Waals surface area contributed by atoms with Crippen LogP contribution in [0.1, 0.15) is 11.1 Å². The fourth-order valence-electron chi connectivity index (χ4n) is 3.31. The predicted octanol–water partition coefficient (Wildman–Crippen LogP) is 4.51. The maximum absolute atomic E-state index is 12.9. The maximum Gasteiger partial charge on any atom is 0.329 e. The van der Waals surface area contributed by atoms with Crippen molar-refractivity contribution in [1.82, 2.24) is 5.43 Å². The molecule has 9 nitrogen and oxygen atoms in total. The van der Waals surface area contributed by atoms with Gasteiger partial charge in [-0.05, 0) is 83.9 Å². The normalized spacial score (nSPS) is 10.5. The van der Waals surface area contributed by atoms with Crippen LogP contribution in [0, 0.1) is 5.82 Å². The minimum atomic E-state index is -0.937. The topological polar surface area (TPSA) is 118 Å². The third kappa shape index (κ3) is 8.80. The monoisotopic (exact) mass is 540 g/mol. The first-order valence-corrected chi connectivity index (χ1v) is 12.1. The predicted molar refractivity (Wildman–Crippen MR) is 149 cm³/mol. The van der Waals surface area contributed by atoms with Gasteiger partial charge >= 0.3 is 11.8 Å². The summed E-state index contributed by atoms with van der Waals surface area (Å²) in [7, 11) is 0. The van der Waals surface area contributed by atoms with Crippen LogP contribution < -0.4 is 25.5 Å². The second-order valence-corrected chi connectivity index (χ2v) is 8.36. The molecule has 0 radical (unpaired) electrons. The maximum atomic E-state index is 12.9. The first kappa shape index (κ1) is 27.5. The van der Waals surface area contributed by atoms with E-state index in [4.69, 9.17) is 9.47 Å². The van der Waals surface area contributed by atoms with E-state index in [-0.39, 0.29) is 6.61 Å². The van der Waals surface area contributed by atoms with E-state index in [1.165, 1.54) is 30.5 Å². The average molecular weight is 541 g/mol. The van der Waals surface area contributed by atoms with Gasteiger partial charge in [0, 0.05) is 11.4 Å². The van der Waals surface area contributed by atoms with E-state index in [2.05, 4.69) is 21.2 Å². The van der Waals surface area contributed by atoms with E-state index in [0.29, 0.717) is 35.0 Å². The Kier molecular flexibility index (Phi) is 9.54. The molecule has 3 amide bonds. The second-order valence-electron chi connectivity index (χ2n) is 8.36. The fourth-order valence-corrected chi connectivity index (χ4v) is 3.31. The lowest BCUT2D eigenvalue weighted by Crippen LogP contribution is -2.32. The van der Waals surface area contributed by atoms with Gasteiger partial charge in [-0.2, -0.15) is 5.10 Å². The number of carbonyl (C=O) groups excluding carboxylic acids is 3. The first-order chi connectivity index (χ1) is 19.4. The van der Waals surface area contributed by atoms with Crippen molar-refractivity contribution in [2.45, 2.75) is 6.61 Å². The minimum Gasteiger partial charge on any atom is -0.489 e. The van der Waals surface area contributed by atoms with Crippen molar-refractivity contribution in [2.75, 3.05) is 17.2 Å². The number of anilines is 2. The number of hydrogen-bond acceptors (Lipinski definition) is 6. The molecule has 10 heteroatoms. The SMILES string of the molecule is O=C(COc1ccc(/C=N/NC(=O)C(=O)Nc2ccc(OCc3ccccc3)cc2)cc1)Nc1ccc(F)cc1. The largest absolute Gasteiger partial charge is 0.489 e. The fraction of sp³-hybridized carbons (Fsp3) is 0.0667. The molecule has 0 aliphatic carbocycles. The summed E-state index contributed by atoms with van der Waals surface area (Å²) in [5.41, 5.74) is 4.71. The summed E-state index contributed by atoms with van der Waals surface area (Å²) in [5, 5.41) is 8.88. The number of nitrogens with zero attached hydrogens (tertiary/aromatic N) is 1. The number of hydrazone groups is 1. The standard InChI is InChI=1S/C30H25FN4O5/c31-23-8-10-24(11-9-23)33-28(36)20-40-26-14-6-21(7-15-26)18-32-35-30(38)29(37)34-25-12-16-27(17-13-25)39-19-22-4-2-1-3-5-22/h1-18H,19-20H2,(H,33,36)(H,34,37)(H,35,38)/b32-18+. The molecule has 4 rings (SSSR count). The van der Waals surface area contributed by atoms with E-state index >= 15 is 0 Å². The van der Waals surface area contributed by atoms with Crippen LogP contribution in [-0.2, 0) is 21.0 Å². The summed E-state index contributed by atoms with van der Waals surface area (Å²) in [6.07, 6.45) is 1.36. The van der Waals surface area contributed by atoms with E-state index < -0.39 is 23.5 Å². The van der Waals surface area contributed by atoms with Gasteiger partial charge in [0.15, 0.2) is 6.61 Å². The molecule has 0 aliphatic heterocycles. The Labute approximate surface area is 229 Å². The molecular formula is C30H25FN4O5. The van der Waals surface area contributed by atoms with Gasteiger partial charge in [0.05, 0.1) is 6.21 Å². The average Bonchev–Trinajstić information content (AvgIpc) is 2.98. The first-order valence-electron chi connectivity index (χ1n) is 12.1. The molecule has 3 N–H and O–H groups in total. The number of nitrogens with one attached hydrogen (secondary N) is 3. The van der Waals surface area contributed by atoms with Gasteiger partial charge in [-0.25, -0.2) is 9.82 Å². The van der Waals surface area contributed by atoms with Crippen LogP contribution in [0.4, 0.5) is 15.8 Å². The highest BCUT2D eigenvalue weighted by Crippen LogP contribution is 2.17. The lowest BCUT2D eigenvalue weighted by molar-refractivity contribution is -0.136. The van der Waals surface area contributed by atoms with Crippen molar-refractivity contribution < 1.29 is 28.2 Å². The van der Waals surface area contributed by atoms with Crippen LogP contribution in [0.15, 0.2) is 108 Å². The van der Waals surface area contributed by atoms with Crippen molar-refractivity contribution in [3.63, 3.8) is 0 Å². The lowest BCUT2D eigenvalue weighted by atomic mass is 10.2.